The number of benzene rings is 2. The minimum absolute atomic E-state index is 0.260. The number of hydrogen-bond acceptors (Lipinski definition) is 2. The number of hydrogen-bond donors (Lipinski definition) is 1. The number of carbonyl (C=O) groups is 2. The second-order valence-electron chi connectivity index (χ2n) is 7.47. The minimum atomic E-state index is -0.385. The Balaban J connectivity index is 1.66. The van der Waals surface area contributed by atoms with Gasteiger partial charge in [-0.15, -0.1) is 0 Å². The molecule has 2 aromatic carbocycles. The molecule has 1 N–H and O–H groups in total. The number of nitrogens with zero attached hydrogens (tertiary/aromatic N) is 2. The fourth-order valence-electron chi connectivity index (χ4n) is 3.52. The first-order valence-corrected chi connectivity index (χ1v) is 9.43. The molecule has 4 rings (SSSR count). The van der Waals surface area contributed by atoms with Gasteiger partial charge in [0.05, 0.1) is 6.54 Å². The summed E-state index contributed by atoms with van der Waals surface area (Å²) in [5, 5.41) is 3.78. The molecule has 0 radical (unpaired) electrons. The maximum absolute atomic E-state index is 12.8. The molecule has 5 heteroatoms. The number of rotatable bonds is 4. The Labute approximate surface area is 164 Å². The third kappa shape index (κ3) is 3.20. The molecule has 1 fully saturated rings. The Morgan fingerprint density at radius 2 is 1.75 bits per heavy atom. The van der Waals surface area contributed by atoms with Crippen LogP contribution in [0.5, 0.6) is 0 Å². The third-order valence-electron chi connectivity index (χ3n) is 5.05. The average molecular weight is 373 g/mol. The van der Waals surface area contributed by atoms with E-state index in [0.717, 1.165) is 27.6 Å². The van der Waals surface area contributed by atoms with Crippen LogP contribution in [0.2, 0.25) is 0 Å². The minimum Gasteiger partial charge on any atom is -0.344 e. The number of amides is 3. The van der Waals surface area contributed by atoms with Crippen LogP contribution in [-0.2, 0) is 11.3 Å². The van der Waals surface area contributed by atoms with Crippen LogP contribution in [0.4, 0.5) is 4.79 Å². The van der Waals surface area contributed by atoms with Crippen molar-refractivity contribution in [2.24, 2.45) is 0 Å². The fourth-order valence-corrected chi connectivity index (χ4v) is 3.52. The van der Waals surface area contributed by atoms with Gasteiger partial charge in [-0.3, -0.25) is 9.69 Å². The summed E-state index contributed by atoms with van der Waals surface area (Å²) in [6, 6.07) is 15.8. The number of fused-ring (bicyclic) bond motifs is 1. The van der Waals surface area contributed by atoms with Gasteiger partial charge in [-0.1, -0.05) is 48.0 Å². The number of aromatic nitrogens is 1. The lowest BCUT2D eigenvalue weighted by atomic mass is 10.1. The SMILES string of the molecule is Cc1ccc(CN2C(=O)N/C(=C/c3cn(C(C)C)c4ccccc34)C2=O)cc1. The first-order chi connectivity index (χ1) is 13.4. The van der Waals surface area contributed by atoms with Gasteiger partial charge < -0.3 is 9.88 Å². The molecular formula is C23H23N3O2. The molecule has 0 saturated carbocycles. The largest absolute Gasteiger partial charge is 0.344 e. The van der Waals surface area contributed by atoms with Crippen LogP contribution in [0.15, 0.2) is 60.4 Å². The topological polar surface area (TPSA) is 54.3 Å². The highest BCUT2D eigenvalue weighted by Crippen LogP contribution is 2.27. The van der Waals surface area contributed by atoms with Gasteiger partial charge in [-0.25, -0.2) is 4.79 Å². The zero-order chi connectivity index (χ0) is 19.8. The third-order valence-corrected chi connectivity index (χ3v) is 5.05. The summed E-state index contributed by atoms with van der Waals surface area (Å²) in [6.45, 7) is 6.51. The van der Waals surface area contributed by atoms with E-state index >= 15 is 0 Å². The van der Waals surface area contributed by atoms with E-state index in [4.69, 9.17) is 0 Å². The van der Waals surface area contributed by atoms with Gasteiger partial charge in [0.25, 0.3) is 5.91 Å². The van der Waals surface area contributed by atoms with Crippen LogP contribution >= 0.6 is 0 Å². The van der Waals surface area contributed by atoms with E-state index in [1.165, 1.54) is 4.90 Å². The zero-order valence-corrected chi connectivity index (χ0v) is 16.3. The first-order valence-electron chi connectivity index (χ1n) is 9.43. The van der Waals surface area contributed by atoms with E-state index in [0.29, 0.717) is 11.7 Å². The summed E-state index contributed by atoms with van der Waals surface area (Å²) in [5.74, 6) is -0.299. The fraction of sp³-hybridized carbons (Fsp3) is 0.217. The standard InChI is InChI=1S/C23H23N3O2/c1-15(2)25-14-18(19-6-4-5-7-21(19)25)12-20-22(27)26(23(28)24-20)13-17-10-8-16(3)9-11-17/h4-12,14-15H,13H2,1-3H3,(H,24,28)/b20-12+. The van der Waals surface area contributed by atoms with Crippen LogP contribution in [-0.4, -0.2) is 21.4 Å². The number of imide groups is 1. The Morgan fingerprint density at radius 1 is 1.04 bits per heavy atom. The highest BCUT2D eigenvalue weighted by atomic mass is 16.2. The van der Waals surface area contributed by atoms with E-state index < -0.39 is 0 Å². The van der Waals surface area contributed by atoms with Gasteiger partial charge in [0.2, 0.25) is 0 Å². The van der Waals surface area contributed by atoms with Crippen molar-refractivity contribution < 1.29 is 9.59 Å². The lowest BCUT2D eigenvalue weighted by Gasteiger charge is -2.11. The van der Waals surface area contributed by atoms with E-state index in [1.54, 1.807) is 6.08 Å². The number of aryl methyl sites for hydroxylation is 1. The van der Waals surface area contributed by atoms with Crippen molar-refractivity contribution in [1.82, 2.24) is 14.8 Å². The van der Waals surface area contributed by atoms with Gasteiger partial charge in [0.15, 0.2) is 0 Å². The van der Waals surface area contributed by atoms with Crippen molar-refractivity contribution >= 4 is 28.9 Å². The molecule has 3 amide bonds. The van der Waals surface area contributed by atoms with Crippen molar-refractivity contribution in [1.29, 1.82) is 0 Å². The van der Waals surface area contributed by atoms with Crippen molar-refractivity contribution in [2.75, 3.05) is 0 Å². The Hall–Kier alpha value is -3.34. The number of carbonyl (C=O) groups excluding carboxylic acids is 2. The van der Waals surface area contributed by atoms with Crippen LogP contribution < -0.4 is 5.32 Å². The quantitative estimate of drug-likeness (QED) is 0.536. The molecule has 0 aliphatic carbocycles. The molecule has 0 spiro atoms. The molecule has 1 aliphatic rings. The molecule has 2 heterocycles. The van der Waals surface area contributed by atoms with E-state index in [2.05, 4.69) is 29.8 Å². The highest BCUT2D eigenvalue weighted by Gasteiger charge is 2.33. The Kier molecular flexibility index (Phi) is 4.51. The number of para-hydroxylation sites is 1. The smallest absolute Gasteiger partial charge is 0.329 e. The Bertz CT molecular complexity index is 1090. The molecule has 0 unspecified atom stereocenters. The molecule has 142 valence electrons. The summed E-state index contributed by atoms with van der Waals surface area (Å²) in [4.78, 5) is 26.5. The van der Waals surface area contributed by atoms with Gasteiger partial charge in [0, 0.05) is 28.7 Å². The second-order valence-corrected chi connectivity index (χ2v) is 7.47. The molecular weight excluding hydrogens is 350 g/mol. The van der Waals surface area contributed by atoms with Gasteiger partial charge in [-0.05, 0) is 38.5 Å². The maximum Gasteiger partial charge on any atom is 0.329 e. The van der Waals surface area contributed by atoms with Gasteiger partial charge in [-0.2, -0.15) is 0 Å². The van der Waals surface area contributed by atoms with Crippen molar-refractivity contribution in [3.63, 3.8) is 0 Å². The van der Waals surface area contributed by atoms with E-state index in [9.17, 15) is 9.59 Å². The van der Waals surface area contributed by atoms with E-state index in [-0.39, 0.29) is 18.5 Å². The normalized spacial score (nSPS) is 15.9. The summed E-state index contributed by atoms with van der Waals surface area (Å²) >= 11 is 0. The predicted octanol–water partition coefficient (Wildman–Crippen LogP) is 4.62. The highest BCUT2D eigenvalue weighted by molar-refractivity contribution is 6.14. The Morgan fingerprint density at radius 3 is 2.46 bits per heavy atom. The molecule has 3 aromatic rings. The predicted molar refractivity (Wildman–Crippen MR) is 111 cm³/mol. The summed E-state index contributed by atoms with van der Waals surface area (Å²) < 4.78 is 2.17. The van der Waals surface area contributed by atoms with Crippen molar-refractivity contribution in [3.05, 3.63) is 77.1 Å². The molecule has 0 atom stereocenters. The first kappa shape index (κ1) is 18.0. The molecule has 28 heavy (non-hydrogen) atoms. The lowest BCUT2D eigenvalue weighted by Crippen LogP contribution is -2.30. The number of nitrogens with one attached hydrogen (secondary N) is 1. The van der Waals surface area contributed by atoms with Gasteiger partial charge >= 0.3 is 6.03 Å². The molecule has 0 bridgehead atoms. The van der Waals surface area contributed by atoms with Crippen LogP contribution in [0.3, 0.4) is 0 Å². The monoisotopic (exact) mass is 373 g/mol. The lowest BCUT2D eigenvalue weighted by molar-refractivity contribution is -0.123. The summed E-state index contributed by atoms with van der Waals surface area (Å²) in [6.07, 6.45) is 3.81. The van der Waals surface area contributed by atoms with Crippen molar-refractivity contribution in [3.8, 4) is 0 Å². The second kappa shape index (κ2) is 7.00. The molecule has 1 aliphatic heterocycles. The maximum atomic E-state index is 12.8. The van der Waals surface area contributed by atoms with Crippen LogP contribution in [0.1, 0.15) is 36.6 Å². The molecule has 1 aromatic heterocycles. The van der Waals surface area contributed by atoms with E-state index in [1.807, 2.05) is 55.6 Å². The number of urea groups is 1. The molecule has 1 saturated heterocycles. The summed E-state index contributed by atoms with van der Waals surface area (Å²) in [7, 11) is 0. The van der Waals surface area contributed by atoms with Crippen molar-refractivity contribution in [2.45, 2.75) is 33.4 Å². The average Bonchev–Trinajstić information content (AvgIpc) is 3.17. The summed E-state index contributed by atoms with van der Waals surface area (Å²) in [5.41, 5.74) is 4.40. The van der Waals surface area contributed by atoms with Crippen LogP contribution in [0.25, 0.3) is 17.0 Å². The van der Waals surface area contributed by atoms with Crippen LogP contribution in [0, 0.1) is 6.92 Å². The zero-order valence-electron chi connectivity index (χ0n) is 16.3. The molecule has 5 nitrogen and oxygen atoms in total. The van der Waals surface area contributed by atoms with Gasteiger partial charge in [0.1, 0.15) is 5.70 Å².